The Balaban J connectivity index is 3.39. The van der Waals surface area contributed by atoms with Gasteiger partial charge in [0.05, 0.1) is 11.8 Å². The molecule has 0 saturated carbocycles. The molecule has 43 heavy (non-hydrogen) atoms. The maximum atomic E-state index is 12.7. The topological polar surface area (TPSA) is 69.2 Å². The highest BCUT2D eigenvalue weighted by Crippen LogP contribution is 2.28. The molecule has 0 aliphatic carbocycles. The molecular formula is C33H49F3N6S. The first kappa shape index (κ1) is 37.9. The molecule has 6 nitrogen and oxygen atoms in total. The van der Waals surface area contributed by atoms with Crippen molar-refractivity contribution in [1.82, 2.24) is 15.3 Å². The van der Waals surface area contributed by atoms with Crippen LogP contribution in [0, 0.1) is 5.92 Å². The number of hydrogen-bond acceptors (Lipinski definition) is 6. The molecule has 0 aromatic rings. The van der Waals surface area contributed by atoms with Crippen molar-refractivity contribution in [2.75, 3.05) is 20.6 Å². The summed E-state index contributed by atoms with van der Waals surface area (Å²) in [5, 5.41) is 7.51. The number of alkyl halides is 3. The van der Waals surface area contributed by atoms with Gasteiger partial charge in [-0.25, -0.2) is 15.0 Å². The van der Waals surface area contributed by atoms with Gasteiger partial charge in [0.1, 0.15) is 5.84 Å². The fraction of sp³-hybridized carbons (Fsp3) is 0.455. The van der Waals surface area contributed by atoms with Gasteiger partial charge in [-0.2, -0.15) is 13.2 Å². The third-order valence-corrected chi connectivity index (χ3v) is 7.32. The van der Waals surface area contributed by atoms with E-state index in [9.17, 15) is 13.2 Å². The predicted molar refractivity (Wildman–Crippen MR) is 181 cm³/mol. The van der Waals surface area contributed by atoms with Crippen molar-refractivity contribution in [3.8, 4) is 0 Å². The standard InChI is InChI=1S/C33H49F3N6S/c1-10-14-29(15-11-2)42(9)41(8)23-28(25(5)40-26(6)30-17-12-18-31(37)43-30)22-39-32(38-7)21-27(20-24(3)4)16-13-19-33(34,35)36/h10,12-18,20,22,24-25,31,40H,6-7,11,19,21,23,37H2,1-5,8-9H3/b14-10-,16-13-,27-20+,28-22-,29-15+,39-32-. The minimum absolute atomic E-state index is 0.136. The number of amidine groups is 1. The molecule has 0 aromatic carbocycles. The molecule has 238 valence electrons. The monoisotopic (exact) mass is 618 g/mol. The molecule has 1 heterocycles. The van der Waals surface area contributed by atoms with Crippen LogP contribution in [0.4, 0.5) is 13.2 Å². The smallest absolute Gasteiger partial charge is 0.378 e. The predicted octanol–water partition coefficient (Wildman–Crippen LogP) is 8.06. The molecule has 2 unspecified atom stereocenters. The molecule has 10 heteroatoms. The number of nitrogens with two attached hydrogens (primary N) is 1. The Morgan fingerprint density at radius 3 is 2.49 bits per heavy atom. The molecule has 1 aliphatic rings. The molecule has 3 N–H and O–H groups in total. The van der Waals surface area contributed by atoms with Gasteiger partial charge in [-0.1, -0.05) is 69.9 Å². The first-order valence-corrected chi connectivity index (χ1v) is 15.3. The summed E-state index contributed by atoms with van der Waals surface area (Å²) in [5.41, 5.74) is 9.53. The highest BCUT2D eigenvalue weighted by Gasteiger charge is 2.24. The van der Waals surface area contributed by atoms with Crippen LogP contribution < -0.4 is 11.1 Å². The minimum atomic E-state index is -4.26. The van der Waals surface area contributed by atoms with Crippen LogP contribution in [0.1, 0.15) is 53.9 Å². The summed E-state index contributed by atoms with van der Waals surface area (Å²) in [6, 6.07) is -0.167. The van der Waals surface area contributed by atoms with Crippen molar-refractivity contribution < 1.29 is 13.2 Å². The second-order valence-corrected chi connectivity index (χ2v) is 11.7. The van der Waals surface area contributed by atoms with Gasteiger partial charge in [-0.05, 0) is 56.2 Å². The van der Waals surface area contributed by atoms with Gasteiger partial charge in [0.15, 0.2) is 0 Å². The lowest BCUT2D eigenvalue weighted by Gasteiger charge is -2.33. The summed E-state index contributed by atoms with van der Waals surface area (Å²) in [6.45, 7) is 18.5. The lowest BCUT2D eigenvalue weighted by Crippen LogP contribution is -2.40. The Hall–Kier alpha value is -3.08. The Bertz CT molecular complexity index is 1170. The summed E-state index contributed by atoms with van der Waals surface area (Å²) >= 11 is 1.53. The van der Waals surface area contributed by atoms with Crippen molar-refractivity contribution in [2.45, 2.75) is 71.5 Å². The van der Waals surface area contributed by atoms with Gasteiger partial charge in [0, 0.05) is 55.6 Å². The number of nitrogens with zero attached hydrogens (tertiary/aromatic N) is 4. The van der Waals surface area contributed by atoms with Crippen LogP contribution in [0.15, 0.2) is 105 Å². The zero-order valence-electron chi connectivity index (χ0n) is 26.7. The van der Waals surface area contributed by atoms with Gasteiger partial charge < -0.3 is 16.1 Å². The number of hydrogen-bond donors (Lipinski definition) is 2. The second-order valence-electron chi connectivity index (χ2n) is 10.5. The van der Waals surface area contributed by atoms with E-state index in [0.717, 1.165) is 34.4 Å². The SMILES string of the molecule is C=N/C(CC(/C=C\CC(F)(F)F)=C/C(C)C)=N\C=C(\CN(C)N(C)C(/C=C\C)=C/CC)C(C)NC(=C)C1=CC=CC(N)S1. The number of likely N-dealkylation sites (N-methyl/N-ethyl adjacent to an activating group) is 2. The van der Waals surface area contributed by atoms with E-state index in [1.807, 2.05) is 72.2 Å². The first-order valence-electron chi connectivity index (χ1n) is 14.4. The Morgan fingerprint density at radius 2 is 1.93 bits per heavy atom. The molecule has 0 saturated heterocycles. The van der Waals surface area contributed by atoms with Crippen LogP contribution in [0.5, 0.6) is 0 Å². The molecule has 0 amide bonds. The van der Waals surface area contributed by atoms with Crippen molar-refractivity contribution in [3.05, 3.63) is 94.9 Å². The van der Waals surface area contributed by atoms with Gasteiger partial charge in [0.25, 0.3) is 0 Å². The third-order valence-electron chi connectivity index (χ3n) is 6.26. The first-order chi connectivity index (χ1) is 20.2. The molecule has 0 bridgehead atoms. The van der Waals surface area contributed by atoms with E-state index in [4.69, 9.17) is 5.73 Å². The zero-order valence-corrected chi connectivity index (χ0v) is 27.5. The summed E-state index contributed by atoms with van der Waals surface area (Å²) in [6.07, 6.45) is 14.2. The minimum Gasteiger partial charge on any atom is -0.378 e. The van der Waals surface area contributed by atoms with Crippen LogP contribution in [-0.4, -0.2) is 60.8 Å². The number of thioether (sulfide) groups is 1. The van der Waals surface area contributed by atoms with Gasteiger partial charge in [0.2, 0.25) is 0 Å². The average Bonchev–Trinajstić information content (AvgIpc) is 2.92. The Morgan fingerprint density at radius 1 is 1.23 bits per heavy atom. The number of allylic oxidation sites excluding steroid dienone is 8. The maximum absolute atomic E-state index is 12.7. The van der Waals surface area contributed by atoms with E-state index in [0.29, 0.717) is 18.0 Å². The summed E-state index contributed by atoms with van der Waals surface area (Å²) in [4.78, 5) is 9.72. The van der Waals surface area contributed by atoms with E-state index in [1.54, 1.807) is 6.20 Å². The average molecular weight is 619 g/mol. The zero-order chi connectivity index (χ0) is 32.6. The highest BCUT2D eigenvalue weighted by atomic mass is 32.2. The van der Waals surface area contributed by atoms with Crippen LogP contribution in [0.3, 0.4) is 0 Å². The number of rotatable bonds is 16. The quantitative estimate of drug-likeness (QED) is 0.0793. The number of hydrazine groups is 1. The number of nitrogens with one attached hydrogen (secondary N) is 1. The van der Waals surface area contributed by atoms with E-state index in [2.05, 4.69) is 57.7 Å². The molecule has 1 rings (SSSR count). The Labute approximate surface area is 261 Å². The van der Waals surface area contributed by atoms with Crippen molar-refractivity contribution in [3.63, 3.8) is 0 Å². The molecule has 2 atom stereocenters. The van der Waals surface area contributed by atoms with Crippen LogP contribution >= 0.6 is 11.8 Å². The Kier molecular flexibility index (Phi) is 17.0. The third kappa shape index (κ3) is 15.3. The van der Waals surface area contributed by atoms with Gasteiger partial charge in [-0.15, -0.1) is 11.8 Å². The second kappa shape index (κ2) is 19.2. The van der Waals surface area contributed by atoms with Crippen LogP contribution in [0.2, 0.25) is 0 Å². The fourth-order valence-electron chi connectivity index (χ4n) is 4.05. The fourth-order valence-corrected chi connectivity index (χ4v) is 4.87. The summed E-state index contributed by atoms with van der Waals surface area (Å²) in [7, 11) is 4.00. The van der Waals surface area contributed by atoms with Crippen molar-refractivity contribution in [1.29, 1.82) is 0 Å². The normalized spacial score (nSPS) is 18.2. The molecule has 0 fully saturated rings. The van der Waals surface area contributed by atoms with Gasteiger partial charge in [-0.3, -0.25) is 0 Å². The molecular weight excluding hydrogens is 569 g/mol. The lowest BCUT2D eigenvalue weighted by atomic mass is 10.0. The van der Waals surface area contributed by atoms with E-state index < -0.39 is 12.6 Å². The van der Waals surface area contributed by atoms with Crippen LogP contribution in [-0.2, 0) is 0 Å². The van der Waals surface area contributed by atoms with E-state index in [1.165, 1.54) is 17.8 Å². The van der Waals surface area contributed by atoms with E-state index in [-0.39, 0.29) is 23.8 Å². The van der Waals surface area contributed by atoms with Crippen molar-refractivity contribution in [2.24, 2.45) is 21.6 Å². The summed E-state index contributed by atoms with van der Waals surface area (Å²) < 4.78 is 38.2. The number of aliphatic imine (C=N–C) groups is 2. The summed E-state index contributed by atoms with van der Waals surface area (Å²) in [5.74, 6) is 0.546. The van der Waals surface area contributed by atoms with Crippen molar-refractivity contribution >= 4 is 24.3 Å². The highest BCUT2D eigenvalue weighted by molar-refractivity contribution is 8.04. The molecule has 0 spiro atoms. The van der Waals surface area contributed by atoms with Gasteiger partial charge >= 0.3 is 6.18 Å². The maximum Gasteiger partial charge on any atom is 0.392 e. The number of halogens is 3. The largest absolute Gasteiger partial charge is 0.392 e. The molecule has 1 aliphatic heterocycles. The molecule has 0 aromatic heterocycles. The van der Waals surface area contributed by atoms with E-state index >= 15 is 0 Å². The molecule has 0 radical (unpaired) electrons. The lowest BCUT2D eigenvalue weighted by molar-refractivity contribution is -0.125. The van der Waals surface area contributed by atoms with Crippen LogP contribution in [0.25, 0.3) is 0 Å².